The summed E-state index contributed by atoms with van der Waals surface area (Å²) in [5.41, 5.74) is -0.0335. The van der Waals surface area contributed by atoms with E-state index in [1.165, 1.54) is 0 Å². The van der Waals surface area contributed by atoms with Gasteiger partial charge in [-0.3, -0.25) is 9.29 Å². The molecule has 0 aromatic rings. The van der Waals surface area contributed by atoms with Crippen LogP contribution in [0.5, 0.6) is 0 Å². The maximum Gasteiger partial charge on any atom is 0.0906 e. The number of alkyl halides is 1. The molecular weight excluding hydrogens is 221 g/mol. The average Bonchev–Trinajstić information content (AvgIpc) is 2.68. The highest BCUT2D eigenvalue weighted by Crippen LogP contribution is 2.30. The van der Waals surface area contributed by atoms with Gasteiger partial charge < -0.3 is 9.47 Å². The molecule has 1 heterocycles. The van der Waals surface area contributed by atoms with Crippen LogP contribution in [0.1, 0.15) is 33.1 Å². The predicted molar refractivity (Wildman–Crippen MR) is 67.1 cm³/mol. The Kier molecular flexibility index (Phi) is 6.38. The van der Waals surface area contributed by atoms with E-state index in [0.717, 1.165) is 25.9 Å². The lowest BCUT2D eigenvalue weighted by Crippen LogP contribution is -2.52. The van der Waals surface area contributed by atoms with Crippen molar-refractivity contribution in [2.45, 2.75) is 44.8 Å². The monoisotopic (exact) mass is 247 g/mol. The lowest BCUT2D eigenvalue weighted by molar-refractivity contribution is -0.0484. The summed E-state index contributed by atoms with van der Waals surface area (Å²) in [6.07, 6.45) is 3.07. The number of halogens is 1. The molecule has 1 aliphatic rings. The predicted octanol–water partition coefficient (Wildman–Crippen LogP) is 2.25. The average molecular weight is 247 g/mol. The Balaban J connectivity index is 2.59. The van der Waals surface area contributed by atoms with Gasteiger partial charge in [-0.25, -0.2) is 0 Å². The summed E-state index contributed by atoms with van der Waals surface area (Å²) < 4.78 is 23.4. The number of nitrogens with zero attached hydrogens (tertiary/aromatic N) is 1. The topological polar surface area (TPSA) is 21.7 Å². The molecule has 1 unspecified atom stereocenters. The summed E-state index contributed by atoms with van der Waals surface area (Å²) in [7, 11) is 1.72. The van der Waals surface area contributed by atoms with Crippen LogP contribution in [0.2, 0.25) is 0 Å². The molecule has 0 radical (unpaired) electrons. The van der Waals surface area contributed by atoms with Crippen LogP contribution in [0.25, 0.3) is 0 Å². The van der Waals surface area contributed by atoms with Crippen LogP contribution < -0.4 is 0 Å². The van der Waals surface area contributed by atoms with Crippen LogP contribution in [-0.4, -0.2) is 56.6 Å². The van der Waals surface area contributed by atoms with Crippen molar-refractivity contribution in [2.75, 3.05) is 40.1 Å². The highest BCUT2D eigenvalue weighted by Gasteiger charge is 2.41. The van der Waals surface area contributed by atoms with Crippen LogP contribution in [0.4, 0.5) is 4.39 Å². The number of likely N-dealkylation sites (tertiary alicyclic amines) is 1. The zero-order chi connectivity index (χ0) is 12.7. The molecule has 0 aliphatic carbocycles. The lowest BCUT2D eigenvalue weighted by atomic mass is 9.98. The zero-order valence-corrected chi connectivity index (χ0v) is 11.4. The molecule has 0 amide bonds. The van der Waals surface area contributed by atoms with Crippen LogP contribution in [-0.2, 0) is 9.47 Å². The second kappa shape index (κ2) is 7.29. The molecule has 1 rings (SSSR count). The SMILES string of the molecule is COCC1(COC(C)C)CCCN1CCCF. The van der Waals surface area contributed by atoms with Crippen LogP contribution in [0, 0.1) is 0 Å². The van der Waals surface area contributed by atoms with Gasteiger partial charge >= 0.3 is 0 Å². The van der Waals surface area contributed by atoms with Gasteiger partial charge in [0.1, 0.15) is 0 Å². The largest absolute Gasteiger partial charge is 0.383 e. The third-order valence-electron chi connectivity index (χ3n) is 3.40. The smallest absolute Gasteiger partial charge is 0.0906 e. The highest BCUT2D eigenvalue weighted by molar-refractivity contribution is 4.96. The van der Waals surface area contributed by atoms with E-state index in [1.807, 2.05) is 13.8 Å². The van der Waals surface area contributed by atoms with Gasteiger partial charge in [0.15, 0.2) is 0 Å². The molecule has 1 aliphatic heterocycles. The number of hydrogen-bond acceptors (Lipinski definition) is 3. The normalized spacial score (nSPS) is 25.9. The van der Waals surface area contributed by atoms with E-state index in [2.05, 4.69) is 4.90 Å². The Bertz CT molecular complexity index is 214. The number of rotatable bonds is 8. The fraction of sp³-hybridized carbons (Fsp3) is 1.00. The van der Waals surface area contributed by atoms with Gasteiger partial charge in [0.25, 0.3) is 0 Å². The molecule has 0 spiro atoms. The highest BCUT2D eigenvalue weighted by atomic mass is 19.1. The fourth-order valence-corrected chi connectivity index (χ4v) is 2.55. The van der Waals surface area contributed by atoms with Crippen LogP contribution >= 0.6 is 0 Å². The molecule has 102 valence electrons. The van der Waals surface area contributed by atoms with E-state index < -0.39 is 0 Å². The van der Waals surface area contributed by atoms with E-state index >= 15 is 0 Å². The summed E-state index contributed by atoms with van der Waals surface area (Å²) in [6.45, 7) is 7.04. The van der Waals surface area contributed by atoms with Crippen molar-refractivity contribution >= 4 is 0 Å². The third-order valence-corrected chi connectivity index (χ3v) is 3.40. The van der Waals surface area contributed by atoms with E-state index in [1.54, 1.807) is 7.11 Å². The summed E-state index contributed by atoms with van der Waals surface area (Å²) in [5.74, 6) is 0. The summed E-state index contributed by atoms with van der Waals surface area (Å²) in [4.78, 5) is 2.35. The molecule has 0 N–H and O–H groups in total. The van der Waals surface area contributed by atoms with Crippen LogP contribution in [0.3, 0.4) is 0 Å². The number of methoxy groups -OCH3 is 1. The zero-order valence-electron chi connectivity index (χ0n) is 11.4. The van der Waals surface area contributed by atoms with Crippen molar-refractivity contribution in [1.82, 2.24) is 4.90 Å². The molecule has 0 saturated carbocycles. The Labute approximate surface area is 104 Å². The first-order valence-electron chi connectivity index (χ1n) is 6.56. The first kappa shape index (κ1) is 14.9. The minimum absolute atomic E-state index is 0.0335. The quantitative estimate of drug-likeness (QED) is 0.656. The van der Waals surface area contributed by atoms with Crippen molar-refractivity contribution in [3.8, 4) is 0 Å². The molecule has 1 atom stereocenters. The Hall–Kier alpha value is -0.190. The minimum atomic E-state index is -0.245. The Morgan fingerprint density at radius 1 is 1.35 bits per heavy atom. The Morgan fingerprint density at radius 2 is 2.12 bits per heavy atom. The number of ether oxygens (including phenoxy) is 2. The first-order valence-corrected chi connectivity index (χ1v) is 6.56. The molecule has 0 aromatic heterocycles. The van der Waals surface area contributed by atoms with Gasteiger partial charge in [-0.15, -0.1) is 0 Å². The standard InChI is InChI=1S/C13H26FNO2/c1-12(2)17-11-13(10-16-3)6-4-8-15(13)9-5-7-14/h12H,4-11H2,1-3H3. The lowest BCUT2D eigenvalue weighted by Gasteiger charge is -2.38. The minimum Gasteiger partial charge on any atom is -0.383 e. The van der Waals surface area contributed by atoms with Gasteiger partial charge in [0.05, 0.1) is 31.5 Å². The van der Waals surface area contributed by atoms with E-state index in [9.17, 15) is 4.39 Å². The van der Waals surface area contributed by atoms with Crippen molar-refractivity contribution in [2.24, 2.45) is 0 Å². The maximum absolute atomic E-state index is 12.3. The van der Waals surface area contributed by atoms with Gasteiger partial charge in [-0.05, 0) is 39.7 Å². The molecule has 0 bridgehead atoms. The second-order valence-electron chi connectivity index (χ2n) is 5.15. The van der Waals surface area contributed by atoms with Crippen LogP contribution in [0.15, 0.2) is 0 Å². The summed E-state index contributed by atoms with van der Waals surface area (Å²) in [5, 5.41) is 0. The molecular formula is C13H26FNO2. The van der Waals surface area contributed by atoms with Gasteiger partial charge in [-0.1, -0.05) is 0 Å². The molecule has 1 fully saturated rings. The first-order chi connectivity index (χ1) is 8.14. The molecule has 0 aromatic carbocycles. The van der Waals surface area contributed by atoms with E-state index in [0.29, 0.717) is 19.6 Å². The molecule has 1 saturated heterocycles. The fourth-order valence-electron chi connectivity index (χ4n) is 2.55. The van der Waals surface area contributed by atoms with Gasteiger partial charge in [0.2, 0.25) is 0 Å². The van der Waals surface area contributed by atoms with Crippen molar-refractivity contribution < 1.29 is 13.9 Å². The maximum atomic E-state index is 12.3. The van der Waals surface area contributed by atoms with Crippen molar-refractivity contribution in [3.05, 3.63) is 0 Å². The molecule has 4 heteroatoms. The van der Waals surface area contributed by atoms with Gasteiger partial charge in [0, 0.05) is 13.7 Å². The second-order valence-corrected chi connectivity index (χ2v) is 5.15. The Morgan fingerprint density at radius 3 is 2.71 bits per heavy atom. The van der Waals surface area contributed by atoms with Crippen molar-refractivity contribution in [1.29, 1.82) is 0 Å². The molecule has 17 heavy (non-hydrogen) atoms. The molecule has 3 nitrogen and oxygen atoms in total. The van der Waals surface area contributed by atoms with E-state index in [4.69, 9.17) is 9.47 Å². The van der Waals surface area contributed by atoms with Gasteiger partial charge in [-0.2, -0.15) is 0 Å². The number of hydrogen-bond donors (Lipinski definition) is 0. The summed E-state index contributed by atoms with van der Waals surface area (Å²) >= 11 is 0. The third kappa shape index (κ3) is 4.19. The van der Waals surface area contributed by atoms with Crippen molar-refractivity contribution in [3.63, 3.8) is 0 Å². The van der Waals surface area contributed by atoms with E-state index in [-0.39, 0.29) is 18.3 Å². The summed E-state index contributed by atoms with van der Waals surface area (Å²) in [6, 6.07) is 0.